The van der Waals surface area contributed by atoms with Crippen LogP contribution in [-0.4, -0.2) is 10.6 Å². The minimum atomic E-state index is 0.216. The molecular formula is C17H26N2. The van der Waals surface area contributed by atoms with Crippen LogP contribution < -0.4 is 5.73 Å². The van der Waals surface area contributed by atoms with Crippen LogP contribution in [0.4, 0.5) is 0 Å². The zero-order chi connectivity index (χ0) is 13.8. The first-order valence-electron chi connectivity index (χ1n) is 7.44. The lowest BCUT2D eigenvalue weighted by Gasteiger charge is -2.13. The predicted molar refractivity (Wildman–Crippen MR) is 83.4 cm³/mol. The largest absolute Gasteiger partial charge is 0.347 e. The standard InChI is InChI=1S/C17H26N2/c1-4-6-13(2)12-19-10-9-16-15(11-14(3)18)7-5-8-17(16)19/h5,7-10,13-14H,4,6,11-12,18H2,1-3H3. The number of fused-ring (bicyclic) bond motifs is 1. The number of nitrogens with zero attached hydrogens (tertiary/aromatic N) is 1. The van der Waals surface area contributed by atoms with Gasteiger partial charge in [-0.3, -0.25) is 0 Å². The molecule has 0 saturated carbocycles. The fourth-order valence-electron chi connectivity index (χ4n) is 2.89. The van der Waals surface area contributed by atoms with Gasteiger partial charge in [-0.15, -0.1) is 0 Å². The van der Waals surface area contributed by atoms with Crippen molar-refractivity contribution in [3.05, 3.63) is 36.0 Å². The van der Waals surface area contributed by atoms with E-state index in [1.54, 1.807) is 0 Å². The number of benzene rings is 1. The second-order valence-electron chi connectivity index (χ2n) is 5.89. The van der Waals surface area contributed by atoms with E-state index in [2.05, 4.69) is 55.8 Å². The molecule has 0 bridgehead atoms. The summed E-state index contributed by atoms with van der Waals surface area (Å²) in [5.41, 5.74) is 8.65. The molecule has 0 aliphatic carbocycles. The van der Waals surface area contributed by atoms with Crippen LogP contribution in [0.5, 0.6) is 0 Å². The van der Waals surface area contributed by atoms with E-state index in [1.165, 1.54) is 29.3 Å². The summed E-state index contributed by atoms with van der Waals surface area (Å²) in [7, 11) is 0. The SMILES string of the molecule is CCCC(C)Cn1ccc2c(CC(C)N)cccc21. The van der Waals surface area contributed by atoms with E-state index in [9.17, 15) is 0 Å². The number of rotatable bonds is 6. The highest BCUT2D eigenvalue weighted by molar-refractivity contribution is 5.83. The first kappa shape index (κ1) is 14.1. The van der Waals surface area contributed by atoms with E-state index in [-0.39, 0.29) is 6.04 Å². The van der Waals surface area contributed by atoms with Gasteiger partial charge in [-0.1, -0.05) is 32.4 Å². The summed E-state index contributed by atoms with van der Waals surface area (Å²) in [5, 5.41) is 1.36. The van der Waals surface area contributed by atoms with Gasteiger partial charge in [-0.2, -0.15) is 0 Å². The summed E-state index contributed by atoms with van der Waals surface area (Å²) in [6.45, 7) is 7.77. The molecule has 19 heavy (non-hydrogen) atoms. The smallest absolute Gasteiger partial charge is 0.0483 e. The molecule has 2 aromatic rings. The van der Waals surface area contributed by atoms with Gasteiger partial charge in [0, 0.05) is 29.7 Å². The molecule has 2 unspecified atom stereocenters. The second-order valence-corrected chi connectivity index (χ2v) is 5.89. The summed E-state index contributed by atoms with van der Waals surface area (Å²) >= 11 is 0. The van der Waals surface area contributed by atoms with E-state index in [1.807, 2.05) is 0 Å². The molecule has 1 aromatic heterocycles. The van der Waals surface area contributed by atoms with Gasteiger partial charge in [-0.05, 0) is 43.4 Å². The molecule has 2 nitrogen and oxygen atoms in total. The van der Waals surface area contributed by atoms with Crippen LogP contribution in [0.25, 0.3) is 10.9 Å². The zero-order valence-corrected chi connectivity index (χ0v) is 12.4. The minimum Gasteiger partial charge on any atom is -0.347 e. The Morgan fingerprint density at radius 2 is 2.00 bits per heavy atom. The van der Waals surface area contributed by atoms with Crippen LogP contribution in [0, 0.1) is 5.92 Å². The van der Waals surface area contributed by atoms with E-state index >= 15 is 0 Å². The molecule has 1 aromatic carbocycles. The third kappa shape index (κ3) is 3.38. The maximum absolute atomic E-state index is 5.94. The number of hydrogen-bond donors (Lipinski definition) is 1. The zero-order valence-electron chi connectivity index (χ0n) is 12.4. The van der Waals surface area contributed by atoms with Gasteiger partial charge < -0.3 is 10.3 Å². The normalized spacial score (nSPS) is 14.7. The van der Waals surface area contributed by atoms with Crippen molar-refractivity contribution in [3.63, 3.8) is 0 Å². The van der Waals surface area contributed by atoms with Gasteiger partial charge in [0.2, 0.25) is 0 Å². The highest BCUT2D eigenvalue weighted by atomic mass is 15.0. The quantitative estimate of drug-likeness (QED) is 0.835. The number of hydrogen-bond acceptors (Lipinski definition) is 1. The van der Waals surface area contributed by atoms with Gasteiger partial charge in [0.25, 0.3) is 0 Å². The van der Waals surface area contributed by atoms with Crippen LogP contribution in [-0.2, 0) is 13.0 Å². The van der Waals surface area contributed by atoms with E-state index in [0.29, 0.717) is 0 Å². The van der Waals surface area contributed by atoms with Crippen molar-refractivity contribution >= 4 is 10.9 Å². The van der Waals surface area contributed by atoms with Crippen LogP contribution in [0.2, 0.25) is 0 Å². The van der Waals surface area contributed by atoms with Crippen molar-refractivity contribution < 1.29 is 0 Å². The molecule has 2 N–H and O–H groups in total. The van der Waals surface area contributed by atoms with Gasteiger partial charge >= 0.3 is 0 Å². The fourth-order valence-corrected chi connectivity index (χ4v) is 2.89. The Morgan fingerprint density at radius 3 is 2.68 bits per heavy atom. The lowest BCUT2D eigenvalue weighted by atomic mass is 10.0. The first-order valence-corrected chi connectivity index (χ1v) is 7.44. The average Bonchev–Trinajstić information content (AvgIpc) is 2.73. The van der Waals surface area contributed by atoms with Crippen molar-refractivity contribution in [3.8, 4) is 0 Å². The molecule has 0 aliphatic rings. The van der Waals surface area contributed by atoms with Crippen molar-refractivity contribution in [1.29, 1.82) is 0 Å². The van der Waals surface area contributed by atoms with E-state index in [0.717, 1.165) is 18.9 Å². The van der Waals surface area contributed by atoms with Crippen molar-refractivity contribution in [1.82, 2.24) is 4.57 Å². The molecule has 2 heteroatoms. The molecule has 0 saturated heterocycles. The third-order valence-corrected chi connectivity index (χ3v) is 3.74. The number of aromatic nitrogens is 1. The molecular weight excluding hydrogens is 232 g/mol. The maximum atomic E-state index is 5.94. The summed E-state index contributed by atoms with van der Waals surface area (Å²) in [6.07, 6.45) is 5.73. The molecule has 2 atom stereocenters. The highest BCUT2D eigenvalue weighted by Gasteiger charge is 2.09. The van der Waals surface area contributed by atoms with Crippen LogP contribution in [0.3, 0.4) is 0 Å². The Kier molecular flexibility index (Phi) is 4.65. The predicted octanol–water partition coefficient (Wildman–Crippen LogP) is 3.97. The first-order chi connectivity index (χ1) is 9.11. The Labute approximate surface area is 116 Å². The van der Waals surface area contributed by atoms with Crippen molar-refractivity contribution in [2.24, 2.45) is 11.7 Å². The topological polar surface area (TPSA) is 30.9 Å². The molecule has 0 aliphatic heterocycles. The number of nitrogens with two attached hydrogens (primary N) is 1. The van der Waals surface area contributed by atoms with Gasteiger partial charge in [0.15, 0.2) is 0 Å². The van der Waals surface area contributed by atoms with Gasteiger partial charge in [0.1, 0.15) is 0 Å². The highest BCUT2D eigenvalue weighted by Crippen LogP contribution is 2.23. The monoisotopic (exact) mass is 258 g/mol. The molecule has 0 fully saturated rings. The molecule has 0 radical (unpaired) electrons. The van der Waals surface area contributed by atoms with E-state index in [4.69, 9.17) is 5.73 Å². The molecule has 104 valence electrons. The molecule has 0 amide bonds. The van der Waals surface area contributed by atoms with E-state index < -0.39 is 0 Å². The maximum Gasteiger partial charge on any atom is 0.0483 e. The van der Waals surface area contributed by atoms with Gasteiger partial charge in [-0.25, -0.2) is 0 Å². The third-order valence-electron chi connectivity index (χ3n) is 3.74. The molecule has 0 spiro atoms. The Bertz CT molecular complexity index is 525. The van der Waals surface area contributed by atoms with Crippen molar-refractivity contribution in [2.75, 3.05) is 0 Å². The molecule has 2 rings (SSSR count). The summed E-state index contributed by atoms with van der Waals surface area (Å²) < 4.78 is 2.39. The lowest BCUT2D eigenvalue weighted by molar-refractivity contribution is 0.453. The summed E-state index contributed by atoms with van der Waals surface area (Å²) in [4.78, 5) is 0. The molecule has 1 heterocycles. The average molecular weight is 258 g/mol. The van der Waals surface area contributed by atoms with Crippen molar-refractivity contribution in [2.45, 2.75) is 52.6 Å². The minimum absolute atomic E-state index is 0.216. The lowest BCUT2D eigenvalue weighted by Crippen LogP contribution is -2.17. The van der Waals surface area contributed by atoms with Gasteiger partial charge in [0.05, 0.1) is 0 Å². The van der Waals surface area contributed by atoms with Crippen LogP contribution >= 0.6 is 0 Å². The fraction of sp³-hybridized carbons (Fsp3) is 0.529. The Hall–Kier alpha value is -1.28. The van der Waals surface area contributed by atoms with Crippen LogP contribution in [0.15, 0.2) is 30.5 Å². The summed E-state index contributed by atoms with van der Waals surface area (Å²) in [6, 6.07) is 9.03. The Balaban J connectivity index is 2.28. The summed E-state index contributed by atoms with van der Waals surface area (Å²) in [5.74, 6) is 0.734. The Morgan fingerprint density at radius 1 is 1.21 bits per heavy atom. The van der Waals surface area contributed by atoms with Crippen LogP contribution in [0.1, 0.15) is 39.2 Å². The second kappa shape index (κ2) is 6.25.